The third kappa shape index (κ3) is 25.7. The van der Waals surface area contributed by atoms with Crippen molar-refractivity contribution >= 4 is 34.7 Å². The molecule has 7 atom stereocenters. The highest BCUT2D eigenvalue weighted by Crippen LogP contribution is 2.34. The molecule has 18 heteroatoms. The van der Waals surface area contributed by atoms with Crippen LogP contribution >= 0.6 is 11.3 Å². The second-order valence-corrected chi connectivity index (χ2v) is 21.3. The van der Waals surface area contributed by atoms with Crippen LogP contribution in [-0.2, 0) is 54.0 Å². The van der Waals surface area contributed by atoms with Gasteiger partial charge in [-0.3, -0.25) is 24.1 Å². The Bertz CT molecular complexity index is 1860. The first kappa shape index (κ1) is 65.9. The Morgan fingerprint density at radius 2 is 1.41 bits per heavy atom. The summed E-state index contributed by atoms with van der Waals surface area (Å²) >= 11 is 1.37. The van der Waals surface area contributed by atoms with Crippen LogP contribution in [0.2, 0.25) is 0 Å². The van der Waals surface area contributed by atoms with Crippen molar-refractivity contribution in [3.05, 3.63) is 45.9 Å². The zero-order valence-corrected chi connectivity index (χ0v) is 47.9. The molecule has 0 spiro atoms. The van der Waals surface area contributed by atoms with E-state index in [-0.39, 0.29) is 71.1 Å². The molecule has 4 N–H and O–H groups in total. The van der Waals surface area contributed by atoms with Crippen LogP contribution in [0.15, 0.2) is 29.6 Å². The number of Topliss-reactive ketones (excluding diaryl/α,β-unsaturated/α-hetero) is 2. The summed E-state index contributed by atoms with van der Waals surface area (Å²) in [7, 11) is 2.02. The van der Waals surface area contributed by atoms with E-state index in [2.05, 4.69) is 51.8 Å². The second-order valence-electron chi connectivity index (χ2n) is 20.4. The average Bonchev–Trinajstić information content (AvgIpc) is 3.90. The number of phenolic OH excluding ortho intramolecular Hbond substituents is 1. The van der Waals surface area contributed by atoms with Crippen LogP contribution in [-0.4, -0.2) is 174 Å². The Kier molecular flexibility index (Phi) is 34.3. The molecular formula is C57H97N5O12S. The van der Waals surface area contributed by atoms with Gasteiger partial charge in [-0.1, -0.05) is 73.4 Å². The number of amides is 2. The van der Waals surface area contributed by atoms with E-state index < -0.39 is 18.1 Å². The van der Waals surface area contributed by atoms with E-state index in [4.69, 9.17) is 43.9 Å². The van der Waals surface area contributed by atoms with Crippen molar-refractivity contribution in [2.45, 2.75) is 150 Å². The highest BCUT2D eigenvalue weighted by atomic mass is 32.1. The van der Waals surface area contributed by atoms with Crippen molar-refractivity contribution in [2.75, 3.05) is 113 Å². The Labute approximate surface area is 454 Å². The predicted octanol–water partition coefficient (Wildman–Crippen LogP) is 7.85. The molecule has 1 fully saturated rings. The standard InChI is InChI=1S/C57H97N5O12S/c1-9-22-62(57(67)48(43(6)11-3)39-53(65)50-15-12-13-23-61(50)8)51(42(4)5)40-54(74-24-10-2)56-60-49(41-75-56)55(66)59-46(38-45-17-19-47(63)20-18-45)37-44(7)52(64)16-14-25-68-27-29-70-31-33-72-35-36-73-34-32-71-30-28-69-26-21-58/h17-20,41-44,46,48,50-51,54,63H,9-16,21-40,58H2,1-8H3,(H,59,66)/t43-,44-,46+,48-,50+,51+,54+/m0/s1. The molecule has 428 valence electrons. The number of nitrogens with two attached hydrogens (primary N) is 1. The number of likely N-dealkylation sites (tertiary alicyclic amines) is 1. The van der Waals surface area contributed by atoms with Gasteiger partial charge >= 0.3 is 0 Å². The maximum atomic E-state index is 14.9. The number of hydrogen-bond donors (Lipinski definition) is 3. The van der Waals surface area contributed by atoms with Gasteiger partial charge in [-0.2, -0.15) is 0 Å². The van der Waals surface area contributed by atoms with Crippen molar-refractivity contribution < 1.29 is 57.4 Å². The maximum Gasteiger partial charge on any atom is 0.270 e. The molecular weight excluding hydrogens is 979 g/mol. The first-order chi connectivity index (χ1) is 36.2. The van der Waals surface area contributed by atoms with Gasteiger partial charge in [0.2, 0.25) is 5.91 Å². The lowest BCUT2D eigenvalue weighted by molar-refractivity contribution is -0.145. The van der Waals surface area contributed by atoms with Gasteiger partial charge in [0.15, 0.2) is 5.78 Å². The molecule has 0 bridgehead atoms. The fraction of sp³-hybridized carbons (Fsp3) is 0.772. The Hall–Kier alpha value is -3.43. The van der Waals surface area contributed by atoms with Gasteiger partial charge in [-0.15, -0.1) is 11.3 Å². The van der Waals surface area contributed by atoms with Crippen molar-refractivity contribution in [3.63, 3.8) is 0 Å². The number of phenols is 1. The van der Waals surface area contributed by atoms with E-state index in [1.54, 1.807) is 17.5 Å². The zero-order chi connectivity index (χ0) is 54.8. The Morgan fingerprint density at radius 3 is 1.96 bits per heavy atom. The number of carbonyl (C=O) groups is 4. The fourth-order valence-corrected chi connectivity index (χ4v) is 10.2. The number of ether oxygens (including phenoxy) is 7. The van der Waals surface area contributed by atoms with Crippen LogP contribution in [0.1, 0.15) is 146 Å². The molecule has 0 radical (unpaired) electrons. The number of nitrogens with one attached hydrogen (secondary N) is 1. The minimum Gasteiger partial charge on any atom is -0.508 e. The molecule has 3 rings (SSSR count). The molecule has 2 aromatic rings. The van der Waals surface area contributed by atoms with Gasteiger partial charge in [0, 0.05) is 74.9 Å². The number of piperidine rings is 1. The third-order valence-corrected chi connectivity index (χ3v) is 14.8. The second kappa shape index (κ2) is 39.0. The van der Waals surface area contributed by atoms with Crippen molar-refractivity contribution in [2.24, 2.45) is 29.4 Å². The molecule has 1 aromatic carbocycles. The zero-order valence-electron chi connectivity index (χ0n) is 47.1. The number of rotatable bonds is 44. The van der Waals surface area contributed by atoms with Gasteiger partial charge < -0.3 is 54.2 Å². The molecule has 2 amide bonds. The van der Waals surface area contributed by atoms with Crippen LogP contribution in [0, 0.1) is 23.7 Å². The number of likely N-dealkylation sites (N-methyl/N-ethyl adjacent to an activating group) is 1. The quantitative estimate of drug-likeness (QED) is 0.0540. The summed E-state index contributed by atoms with van der Waals surface area (Å²) < 4.78 is 39.6. The van der Waals surface area contributed by atoms with E-state index in [0.29, 0.717) is 136 Å². The lowest BCUT2D eigenvalue weighted by Gasteiger charge is -2.40. The number of ketones is 2. The average molecular weight is 1080 g/mol. The van der Waals surface area contributed by atoms with Gasteiger partial charge in [0.1, 0.15) is 28.3 Å². The summed E-state index contributed by atoms with van der Waals surface area (Å²) in [6, 6.07) is 6.13. The van der Waals surface area contributed by atoms with Gasteiger partial charge in [0.25, 0.3) is 5.91 Å². The molecule has 1 aliphatic rings. The highest BCUT2D eigenvalue weighted by Gasteiger charge is 2.38. The number of nitrogens with zero attached hydrogens (tertiary/aromatic N) is 3. The van der Waals surface area contributed by atoms with Crippen LogP contribution in [0.3, 0.4) is 0 Å². The number of hydrogen-bond acceptors (Lipinski definition) is 16. The predicted molar refractivity (Wildman–Crippen MR) is 294 cm³/mol. The summed E-state index contributed by atoms with van der Waals surface area (Å²) in [6.45, 7) is 22.5. The third-order valence-electron chi connectivity index (χ3n) is 13.9. The minimum absolute atomic E-state index is 0.0314. The minimum atomic E-state index is -0.468. The molecule has 2 heterocycles. The number of carbonyl (C=O) groups excluding carboxylic acids is 4. The Balaban J connectivity index is 1.57. The monoisotopic (exact) mass is 1080 g/mol. The molecule has 0 saturated carbocycles. The SMILES string of the molecule is CCCO[C@H](C[C@H](C(C)C)N(CCC)C(=O)[C@@H](CC(=O)[C@H]1CCCCN1C)[C@@H](C)CC)c1nc(C(=O)N[C@@H](Cc2ccc(O)cc2)C[C@H](C)C(=O)CCCOCCOCCOCCOCCOCCOCCN)cs1. The smallest absolute Gasteiger partial charge is 0.270 e. The summed E-state index contributed by atoms with van der Waals surface area (Å²) in [5.41, 5.74) is 6.55. The molecule has 17 nitrogen and oxygen atoms in total. The number of aromatic hydroxyl groups is 1. The molecule has 0 aliphatic carbocycles. The van der Waals surface area contributed by atoms with Gasteiger partial charge in [-0.25, -0.2) is 4.98 Å². The van der Waals surface area contributed by atoms with E-state index in [0.717, 1.165) is 50.6 Å². The molecule has 1 aliphatic heterocycles. The number of aromatic nitrogens is 1. The van der Waals surface area contributed by atoms with E-state index in [9.17, 15) is 24.3 Å². The molecule has 1 saturated heterocycles. The van der Waals surface area contributed by atoms with Crippen molar-refractivity contribution in [1.29, 1.82) is 0 Å². The summed E-state index contributed by atoms with van der Waals surface area (Å²) in [4.78, 5) is 65.3. The molecule has 0 unspecified atom stereocenters. The largest absolute Gasteiger partial charge is 0.508 e. The summed E-state index contributed by atoms with van der Waals surface area (Å²) in [6.07, 6.45) is 7.33. The van der Waals surface area contributed by atoms with Crippen LogP contribution in [0.4, 0.5) is 0 Å². The fourth-order valence-electron chi connectivity index (χ4n) is 9.37. The van der Waals surface area contributed by atoms with E-state index in [1.165, 1.54) is 11.3 Å². The van der Waals surface area contributed by atoms with E-state index in [1.807, 2.05) is 31.0 Å². The summed E-state index contributed by atoms with van der Waals surface area (Å²) in [5, 5.41) is 15.6. The van der Waals surface area contributed by atoms with Crippen LogP contribution in [0.5, 0.6) is 5.75 Å². The van der Waals surface area contributed by atoms with Gasteiger partial charge in [0.05, 0.1) is 78.7 Å². The van der Waals surface area contributed by atoms with Crippen LogP contribution < -0.4 is 11.1 Å². The number of thiazole rings is 1. The summed E-state index contributed by atoms with van der Waals surface area (Å²) in [5.74, 6) is -0.565. The molecule has 1 aromatic heterocycles. The van der Waals surface area contributed by atoms with Gasteiger partial charge in [-0.05, 0) is 88.1 Å². The van der Waals surface area contributed by atoms with Crippen molar-refractivity contribution in [1.82, 2.24) is 20.1 Å². The topological polar surface area (TPSA) is 211 Å². The highest BCUT2D eigenvalue weighted by molar-refractivity contribution is 7.09. The molecule has 75 heavy (non-hydrogen) atoms. The lowest BCUT2D eigenvalue weighted by atomic mass is 9.82. The first-order valence-electron chi connectivity index (χ1n) is 28.1. The normalized spacial score (nSPS) is 16.6. The van der Waals surface area contributed by atoms with E-state index >= 15 is 0 Å². The van der Waals surface area contributed by atoms with Crippen LogP contribution in [0.25, 0.3) is 0 Å². The first-order valence-corrected chi connectivity index (χ1v) is 29.0. The maximum absolute atomic E-state index is 14.9. The Morgan fingerprint density at radius 1 is 0.813 bits per heavy atom. The lowest BCUT2D eigenvalue weighted by Crippen LogP contribution is -2.50. The number of benzene rings is 1. The van der Waals surface area contributed by atoms with Crippen molar-refractivity contribution in [3.8, 4) is 5.75 Å².